The minimum absolute atomic E-state index is 0.0817. The van der Waals surface area contributed by atoms with Crippen molar-refractivity contribution in [3.63, 3.8) is 0 Å². The van der Waals surface area contributed by atoms with E-state index in [1.807, 2.05) is 52.4 Å². The SMILES string of the molecule is C=CCn1c(SCc2cc(=O)n3ccsc3n2)nnc1-c1cc(-c2ccccc2)nc2ccccc12. The Kier molecular flexibility index (Phi) is 5.92. The van der Waals surface area contributed by atoms with Crippen LogP contribution < -0.4 is 5.56 Å². The fraction of sp³-hybridized carbons (Fsp3) is 0.0741. The Labute approximate surface area is 214 Å². The van der Waals surface area contributed by atoms with E-state index in [1.165, 1.54) is 23.1 Å². The molecule has 0 N–H and O–H groups in total. The van der Waals surface area contributed by atoms with Crippen LogP contribution in [-0.2, 0) is 12.3 Å². The number of para-hydroxylation sites is 1. The average molecular weight is 509 g/mol. The van der Waals surface area contributed by atoms with Crippen molar-refractivity contribution in [1.82, 2.24) is 29.1 Å². The van der Waals surface area contributed by atoms with Crippen molar-refractivity contribution in [2.45, 2.75) is 17.5 Å². The number of hydrogen-bond acceptors (Lipinski definition) is 7. The van der Waals surface area contributed by atoms with Gasteiger partial charge in [-0.25, -0.2) is 9.97 Å². The first-order valence-corrected chi connectivity index (χ1v) is 13.2. The number of rotatable bonds is 7. The highest BCUT2D eigenvalue weighted by Gasteiger charge is 2.18. The van der Waals surface area contributed by atoms with Crippen molar-refractivity contribution in [3.8, 4) is 22.6 Å². The number of thiazole rings is 1. The van der Waals surface area contributed by atoms with E-state index >= 15 is 0 Å². The van der Waals surface area contributed by atoms with Gasteiger partial charge >= 0.3 is 0 Å². The molecule has 0 aliphatic rings. The molecule has 9 heteroatoms. The summed E-state index contributed by atoms with van der Waals surface area (Å²) in [6.45, 7) is 4.49. The van der Waals surface area contributed by atoms with Crippen molar-refractivity contribution >= 4 is 39.0 Å². The number of thioether (sulfide) groups is 1. The number of aromatic nitrogens is 6. The number of nitrogens with zero attached hydrogens (tertiary/aromatic N) is 6. The van der Waals surface area contributed by atoms with Crippen LogP contribution in [0.5, 0.6) is 0 Å². The Balaban J connectivity index is 1.42. The quantitative estimate of drug-likeness (QED) is 0.203. The summed E-state index contributed by atoms with van der Waals surface area (Å²) in [4.78, 5) is 22.6. The molecule has 0 aliphatic heterocycles. The van der Waals surface area contributed by atoms with Crippen LogP contribution in [-0.4, -0.2) is 29.1 Å². The molecule has 0 radical (unpaired) electrons. The second-order valence-electron chi connectivity index (χ2n) is 8.07. The summed E-state index contributed by atoms with van der Waals surface area (Å²) in [7, 11) is 0. The molecule has 0 saturated carbocycles. The Morgan fingerprint density at radius 2 is 1.83 bits per heavy atom. The summed E-state index contributed by atoms with van der Waals surface area (Å²) in [5, 5.41) is 12.7. The van der Waals surface area contributed by atoms with Crippen molar-refractivity contribution in [1.29, 1.82) is 0 Å². The lowest BCUT2D eigenvalue weighted by Gasteiger charge is -2.12. The van der Waals surface area contributed by atoms with Gasteiger partial charge in [-0.2, -0.15) is 0 Å². The first kappa shape index (κ1) is 22.4. The van der Waals surface area contributed by atoms with Crippen LogP contribution in [0.2, 0.25) is 0 Å². The molecule has 0 aliphatic carbocycles. The largest absolute Gasteiger partial charge is 0.298 e. The van der Waals surface area contributed by atoms with E-state index in [0.717, 1.165) is 38.7 Å². The highest BCUT2D eigenvalue weighted by molar-refractivity contribution is 7.98. The molecule has 0 spiro atoms. The zero-order chi connectivity index (χ0) is 24.5. The predicted molar refractivity (Wildman–Crippen MR) is 145 cm³/mol. The van der Waals surface area contributed by atoms with Gasteiger partial charge in [0, 0.05) is 46.5 Å². The zero-order valence-corrected chi connectivity index (χ0v) is 20.7. The maximum Gasteiger partial charge on any atom is 0.258 e. The van der Waals surface area contributed by atoms with Crippen LogP contribution >= 0.6 is 23.1 Å². The van der Waals surface area contributed by atoms with Gasteiger partial charge in [0.1, 0.15) is 0 Å². The molecule has 36 heavy (non-hydrogen) atoms. The maximum absolute atomic E-state index is 12.4. The Hall–Kier alpha value is -4.08. The number of allylic oxidation sites excluding steroid dienone is 1. The van der Waals surface area contributed by atoms with Crippen molar-refractivity contribution in [3.05, 3.63) is 107 Å². The predicted octanol–water partition coefficient (Wildman–Crippen LogP) is 5.71. The fourth-order valence-electron chi connectivity index (χ4n) is 4.11. The van der Waals surface area contributed by atoms with Gasteiger partial charge in [-0.3, -0.25) is 13.8 Å². The molecule has 176 valence electrons. The molecule has 6 aromatic rings. The highest BCUT2D eigenvalue weighted by Crippen LogP contribution is 2.33. The van der Waals surface area contributed by atoms with E-state index < -0.39 is 0 Å². The van der Waals surface area contributed by atoms with Crippen LogP contribution in [0.3, 0.4) is 0 Å². The topological polar surface area (TPSA) is 78.0 Å². The van der Waals surface area contributed by atoms with Gasteiger partial charge in [-0.15, -0.1) is 28.1 Å². The number of hydrogen-bond donors (Lipinski definition) is 0. The van der Waals surface area contributed by atoms with Crippen molar-refractivity contribution in [2.24, 2.45) is 0 Å². The lowest BCUT2D eigenvalue weighted by molar-refractivity contribution is 0.731. The summed E-state index contributed by atoms with van der Waals surface area (Å²) in [6.07, 6.45) is 3.57. The van der Waals surface area contributed by atoms with Gasteiger partial charge in [0.25, 0.3) is 5.56 Å². The Morgan fingerprint density at radius 1 is 1.00 bits per heavy atom. The van der Waals surface area contributed by atoms with E-state index in [1.54, 1.807) is 16.7 Å². The molecule has 0 atom stereocenters. The van der Waals surface area contributed by atoms with Crippen LogP contribution in [0.4, 0.5) is 0 Å². The molecule has 4 aromatic heterocycles. The van der Waals surface area contributed by atoms with Gasteiger partial charge in [-0.05, 0) is 12.1 Å². The lowest BCUT2D eigenvalue weighted by atomic mass is 10.0. The van der Waals surface area contributed by atoms with Crippen LogP contribution in [0.25, 0.3) is 38.5 Å². The lowest BCUT2D eigenvalue weighted by Crippen LogP contribution is -2.12. The minimum Gasteiger partial charge on any atom is -0.298 e. The average Bonchev–Trinajstić information content (AvgIpc) is 3.55. The molecule has 0 bridgehead atoms. The van der Waals surface area contributed by atoms with Gasteiger partial charge < -0.3 is 0 Å². The molecule has 6 rings (SSSR count). The van der Waals surface area contributed by atoms with E-state index in [0.29, 0.717) is 23.0 Å². The molecular formula is C27H20N6OS2. The summed E-state index contributed by atoms with van der Waals surface area (Å²) in [5.74, 6) is 1.25. The third kappa shape index (κ3) is 4.12. The third-order valence-corrected chi connectivity index (χ3v) is 7.52. The number of pyridine rings is 1. The van der Waals surface area contributed by atoms with E-state index in [2.05, 4.69) is 46.0 Å². The minimum atomic E-state index is -0.0817. The fourth-order valence-corrected chi connectivity index (χ4v) is 5.68. The van der Waals surface area contributed by atoms with Gasteiger partial charge in [-0.1, -0.05) is 66.4 Å². The molecule has 4 heterocycles. The van der Waals surface area contributed by atoms with Gasteiger partial charge in [0.15, 0.2) is 15.9 Å². The Bertz CT molecular complexity index is 1770. The highest BCUT2D eigenvalue weighted by atomic mass is 32.2. The number of benzene rings is 2. The third-order valence-electron chi connectivity index (χ3n) is 5.76. The molecule has 0 amide bonds. The van der Waals surface area contributed by atoms with E-state index in [-0.39, 0.29) is 5.56 Å². The van der Waals surface area contributed by atoms with Crippen LogP contribution in [0.1, 0.15) is 5.69 Å². The number of fused-ring (bicyclic) bond motifs is 2. The monoisotopic (exact) mass is 508 g/mol. The second kappa shape index (κ2) is 9.52. The molecule has 0 unspecified atom stereocenters. The van der Waals surface area contributed by atoms with Crippen LogP contribution in [0, 0.1) is 0 Å². The second-order valence-corrected chi connectivity index (χ2v) is 9.89. The normalized spacial score (nSPS) is 11.3. The first-order chi connectivity index (χ1) is 17.7. The summed E-state index contributed by atoms with van der Waals surface area (Å²) >= 11 is 2.94. The zero-order valence-electron chi connectivity index (χ0n) is 19.1. The summed E-state index contributed by atoms with van der Waals surface area (Å²) in [5.41, 5.74) is 4.39. The van der Waals surface area contributed by atoms with Crippen molar-refractivity contribution in [2.75, 3.05) is 0 Å². The summed E-state index contributed by atoms with van der Waals surface area (Å²) in [6, 6.07) is 21.8. The van der Waals surface area contributed by atoms with Crippen LogP contribution in [0.15, 0.2) is 101 Å². The molecular weight excluding hydrogens is 488 g/mol. The molecule has 2 aromatic carbocycles. The smallest absolute Gasteiger partial charge is 0.258 e. The Morgan fingerprint density at radius 3 is 2.69 bits per heavy atom. The van der Waals surface area contributed by atoms with Gasteiger partial charge in [0.05, 0.1) is 16.9 Å². The maximum atomic E-state index is 12.4. The van der Waals surface area contributed by atoms with Gasteiger partial charge in [0.2, 0.25) is 0 Å². The molecule has 0 fully saturated rings. The molecule has 7 nitrogen and oxygen atoms in total. The van der Waals surface area contributed by atoms with Crippen molar-refractivity contribution < 1.29 is 0 Å². The van der Waals surface area contributed by atoms with E-state index in [9.17, 15) is 4.79 Å². The first-order valence-electron chi connectivity index (χ1n) is 11.3. The standard InChI is InChI=1S/C27H20N6OS2/c1-2-12-33-25(30-31-27(33)36-17-19-15-24(34)32-13-14-35-26(32)28-19)21-16-23(18-8-4-3-5-9-18)29-22-11-7-6-10-20(21)22/h2-11,13-16H,1,12,17H2. The molecule has 0 saturated heterocycles. The van der Waals surface area contributed by atoms with E-state index in [4.69, 9.17) is 4.98 Å². The summed E-state index contributed by atoms with van der Waals surface area (Å²) < 4.78 is 3.60.